The Morgan fingerprint density at radius 3 is 2.76 bits per heavy atom. The lowest BCUT2D eigenvalue weighted by atomic mass is 10.0. The SMILES string of the molecule is Cc1ccc2cc1Oc1cccc(c1)CO[C@@H]1CCN(Cc3ccncc3)C[C@@H]1NC(=O)CN(C)C2=O. The van der Waals surface area contributed by atoms with Crippen molar-refractivity contribution in [2.24, 2.45) is 0 Å². The molecular weight excluding hydrogens is 468 g/mol. The topological polar surface area (TPSA) is 84.0 Å². The maximum atomic E-state index is 13.1. The van der Waals surface area contributed by atoms with E-state index >= 15 is 0 Å². The number of nitrogens with zero attached hydrogens (tertiary/aromatic N) is 3. The molecule has 0 radical (unpaired) electrons. The molecule has 2 aliphatic rings. The molecule has 0 unspecified atom stereocenters. The lowest BCUT2D eigenvalue weighted by Gasteiger charge is -2.39. The van der Waals surface area contributed by atoms with Crippen LogP contribution < -0.4 is 10.1 Å². The summed E-state index contributed by atoms with van der Waals surface area (Å²) in [5, 5.41) is 3.15. The monoisotopic (exact) mass is 500 g/mol. The number of hydrogen-bond acceptors (Lipinski definition) is 6. The Bertz CT molecular complexity index is 1270. The van der Waals surface area contributed by atoms with Crippen molar-refractivity contribution in [1.82, 2.24) is 20.1 Å². The number of ether oxygens (including phenoxy) is 2. The fourth-order valence-corrected chi connectivity index (χ4v) is 4.86. The number of aromatic nitrogens is 1. The van der Waals surface area contributed by atoms with E-state index in [2.05, 4.69) is 15.2 Å². The number of aryl methyl sites for hydroxylation is 1. The number of nitrogens with one attached hydrogen (secondary N) is 1. The van der Waals surface area contributed by atoms with Crippen LogP contribution in [0, 0.1) is 6.92 Å². The lowest BCUT2D eigenvalue weighted by Crippen LogP contribution is -2.57. The summed E-state index contributed by atoms with van der Waals surface area (Å²) in [7, 11) is 1.64. The normalized spacial score (nSPS) is 21.1. The standard InChI is InChI=1S/C29H32N4O4/c1-20-6-7-23-15-27(20)37-24-5-3-4-22(14-24)19-36-26-10-13-33(16-21-8-11-30-12-9-21)17-25(26)31-28(34)18-32(2)29(23)35/h3-9,11-12,14-15,25-26H,10,13,16-19H2,1-2H3,(H,31,34)/t25-,26+/m0/s1. The minimum absolute atomic E-state index is 0.0461. The van der Waals surface area contributed by atoms with Crippen molar-refractivity contribution in [3.63, 3.8) is 0 Å². The summed E-state index contributed by atoms with van der Waals surface area (Å²) in [4.78, 5) is 34.0. The van der Waals surface area contributed by atoms with Gasteiger partial charge in [0.1, 0.15) is 11.5 Å². The molecule has 8 nitrogen and oxygen atoms in total. The van der Waals surface area contributed by atoms with Crippen LogP contribution in [-0.4, -0.2) is 65.4 Å². The van der Waals surface area contributed by atoms with E-state index in [1.807, 2.05) is 49.4 Å². The second-order valence-corrected chi connectivity index (χ2v) is 9.79. The highest BCUT2D eigenvalue weighted by Gasteiger charge is 2.32. The van der Waals surface area contributed by atoms with Crippen molar-refractivity contribution in [2.45, 2.75) is 38.6 Å². The third-order valence-electron chi connectivity index (χ3n) is 6.89. The summed E-state index contributed by atoms with van der Waals surface area (Å²) < 4.78 is 12.5. The van der Waals surface area contributed by atoms with Crippen LogP contribution in [0.2, 0.25) is 0 Å². The van der Waals surface area contributed by atoms with Crippen LogP contribution in [0.1, 0.15) is 33.5 Å². The van der Waals surface area contributed by atoms with Gasteiger partial charge in [-0.25, -0.2) is 0 Å². The zero-order valence-corrected chi connectivity index (χ0v) is 21.2. The van der Waals surface area contributed by atoms with Crippen molar-refractivity contribution < 1.29 is 19.1 Å². The van der Waals surface area contributed by atoms with E-state index in [4.69, 9.17) is 9.47 Å². The Labute approximate surface area is 217 Å². The molecule has 1 aromatic heterocycles. The highest BCUT2D eigenvalue weighted by atomic mass is 16.5. The minimum Gasteiger partial charge on any atom is -0.457 e. The molecule has 2 aromatic carbocycles. The summed E-state index contributed by atoms with van der Waals surface area (Å²) in [5.74, 6) is 0.844. The maximum absolute atomic E-state index is 13.1. The number of pyridine rings is 1. The van der Waals surface area contributed by atoms with Gasteiger partial charge in [-0.05, 0) is 66.4 Å². The van der Waals surface area contributed by atoms with E-state index in [1.54, 1.807) is 31.6 Å². The van der Waals surface area contributed by atoms with Crippen molar-refractivity contribution in [1.29, 1.82) is 0 Å². The van der Waals surface area contributed by atoms with Crippen molar-refractivity contribution >= 4 is 11.8 Å². The lowest BCUT2D eigenvalue weighted by molar-refractivity contribution is -0.125. The number of piperidine rings is 1. The first-order valence-corrected chi connectivity index (χ1v) is 12.6. The molecular formula is C29H32N4O4. The van der Waals surface area contributed by atoms with Gasteiger partial charge < -0.3 is 19.7 Å². The molecule has 1 saturated heterocycles. The summed E-state index contributed by atoms with van der Waals surface area (Å²) in [6.07, 6.45) is 4.22. The second-order valence-electron chi connectivity index (χ2n) is 9.79. The van der Waals surface area contributed by atoms with Crippen LogP contribution in [-0.2, 0) is 22.7 Å². The number of fused-ring (bicyclic) bond motifs is 5. The summed E-state index contributed by atoms with van der Waals surface area (Å²) in [6, 6.07) is 17.0. The van der Waals surface area contributed by atoms with Gasteiger partial charge in [-0.1, -0.05) is 18.2 Å². The first kappa shape index (κ1) is 24.9. The van der Waals surface area contributed by atoms with Gasteiger partial charge in [0, 0.05) is 44.6 Å². The molecule has 0 saturated carbocycles. The molecule has 1 N–H and O–H groups in total. The predicted octanol–water partition coefficient (Wildman–Crippen LogP) is 3.54. The van der Waals surface area contributed by atoms with E-state index in [0.717, 1.165) is 30.6 Å². The van der Waals surface area contributed by atoms with Crippen LogP contribution in [0.3, 0.4) is 0 Å². The molecule has 0 aliphatic carbocycles. The molecule has 3 aromatic rings. The summed E-state index contributed by atoms with van der Waals surface area (Å²) in [5.41, 5.74) is 3.55. The van der Waals surface area contributed by atoms with Gasteiger partial charge in [0.25, 0.3) is 5.91 Å². The number of likely N-dealkylation sites (N-methyl/N-ethyl adjacent to an activating group) is 1. The van der Waals surface area contributed by atoms with Crippen LogP contribution in [0.15, 0.2) is 67.0 Å². The zero-order valence-electron chi connectivity index (χ0n) is 21.2. The van der Waals surface area contributed by atoms with Crippen LogP contribution in [0.5, 0.6) is 11.5 Å². The van der Waals surface area contributed by atoms with Gasteiger partial charge in [-0.2, -0.15) is 0 Å². The van der Waals surface area contributed by atoms with Crippen LogP contribution in [0.25, 0.3) is 0 Å². The first-order valence-electron chi connectivity index (χ1n) is 12.6. The Kier molecular flexibility index (Phi) is 7.48. The summed E-state index contributed by atoms with van der Waals surface area (Å²) in [6.45, 7) is 4.59. The number of amides is 2. The molecule has 8 heteroatoms. The molecule has 2 aliphatic heterocycles. The van der Waals surface area contributed by atoms with Gasteiger partial charge in [0.2, 0.25) is 5.91 Å². The van der Waals surface area contributed by atoms with Crippen molar-refractivity contribution in [3.05, 3.63) is 89.2 Å². The van der Waals surface area contributed by atoms with E-state index < -0.39 is 0 Å². The minimum atomic E-state index is -0.239. The molecule has 37 heavy (non-hydrogen) atoms. The molecule has 3 heterocycles. The van der Waals surface area contributed by atoms with E-state index in [1.165, 1.54) is 10.5 Å². The quantitative estimate of drug-likeness (QED) is 0.580. The Hall–Kier alpha value is -3.75. The summed E-state index contributed by atoms with van der Waals surface area (Å²) >= 11 is 0. The number of benzene rings is 2. The molecule has 5 rings (SSSR count). The van der Waals surface area contributed by atoms with Gasteiger partial charge in [-0.3, -0.25) is 19.5 Å². The maximum Gasteiger partial charge on any atom is 0.254 e. The fourth-order valence-electron chi connectivity index (χ4n) is 4.86. The van der Waals surface area contributed by atoms with Gasteiger partial charge in [0.05, 0.1) is 25.3 Å². The Balaban J connectivity index is 1.40. The van der Waals surface area contributed by atoms with Crippen LogP contribution >= 0.6 is 0 Å². The van der Waals surface area contributed by atoms with E-state index in [-0.39, 0.29) is 30.5 Å². The highest BCUT2D eigenvalue weighted by Crippen LogP contribution is 2.28. The molecule has 2 atom stereocenters. The van der Waals surface area contributed by atoms with Gasteiger partial charge >= 0.3 is 0 Å². The average Bonchev–Trinajstić information content (AvgIpc) is 2.89. The molecule has 1 fully saturated rings. The molecule has 0 spiro atoms. The van der Waals surface area contributed by atoms with Gasteiger partial charge in [-0.15, -0.1) is 0 Å². The Morgan fingerprint density at radius 1 is 1.08 bits per heavy atom. The third kappa shape index (κ3) is 6.15. The first-order chi connectivity index (χ1) is 17.9. The number of rotatable bonds is 2. The van der Waals surface area contributed by atoms with E-state index in [0.29, 0.717) is 30.2 Å². The highest BCUT2D eigenvalue weighted by molar-refractivity contribution is 5.96. The second kappa shape index (κ2) is 11.1. The van der Waals surface area contributed by atoms with Crippen molar-refractivity contribution in [3.8, 4) is 11.5 Å². The van der Waals surface area contributed by atoms with Gasteiger partial charge in [0.15, 0.2) is 0 Å². The predicted molar refractivity (Wildman–Crippen MR) is 139 cm³/mol. The van der Waals surface area contributed by atoms with E-state index in [9.17, 15) is 9.59 Å². The number of carbonyl (C=O) groups is 2. The largest absolute Gasteiger partial charge is 0.457 e. The number of carbonyl (C=O) groups excluding carboxylic acids is 2. The third-order valence-corrected chi connectivity index (χ3v) is 6.89. The average molecular weight is 501 g/mol. The van der Waals surface area contributed by atoms with Crippen molar-refractivity contribution in [2.75, 3.05) is 26.7 Å². The fraction of sp³-hybridized carbons (Fsp3) is 0.345. The van der Waals surface area contributed by atoms with Crippen LogP contribution in [0.4, 0.5) is 0 Å². The molecule has 4 bridgehead atoms. The molecule has 2 amide bonds. The smallest absolute Gasteiger partial charge is 0.254 e. The number of likely N-dealkylation sites (tertiary alicyclic amines) is 1. The Morgan fingerprint density at radius 2 is 1.92 bits per heavy atom. The molecule has 192 valence electrons. The zero-order chi connectivity index (χ0) is 25.8. The number of hydrogen-bond donors (Lipinski definition) is 1.